The van der Waals surface area contributed by atoms with Crippen molar-refractivity contribution in [3.05, 3.63) is 12.2 Å². The molecule has 0 aliphatic carbocycles. The molecule has 0 saturated carbocycles. The molecule has 1 atom stereocenters. The first kappa shape index (κ1) is 12.7. The standard InChI is InChI=1S/C11H20BrN3/c1-4-10(12)6-5-7-11-13-8-14-15(11)9(2)3/h8-10H,4-7H2,1-3H3. The Kier molecular flexibility index (Phi) is 5.29. The summed E-state index contributed by atoms with van der Waals surface area (Å²) in [6, 6.07) is 0.411. The second kappa shape index (κ2) is 6.26. The molecule has 15 heavy (non-hydrogen) atoms. The lowest BCUT2D eigenvalue weighted by molar-refractivity contribution is 0.497. The molecule has 0 fully saturated rings. The smallest absolute Gasteiger partial charge is 0.138 e. The molecule has 1 unspecified atom stereocenters. The van der Waals surface area contributed by atoms with Crippen LogP contribution in [0.4, 0.5) is 0 Å². The Morgan fingerprint density at radius 1 is 1.47 bits per heavy atom. The minimum atomic E-state index is 0.411. The van der Waals surface area contributed by atoms with Gasteiger partial charge in [0.25, 0.3) is 0 Å². The van der Waals surface area contributed by atoms with Gasteiger partial charge in [-0.25, -0.2) is 9.67 Å². The summed E-state index contributed by atoms with van der Waals surface area (Å²) in [6.45, 7) is 6.48. The molecule has 1 aromatic rings. The van der Waals surface area contributed by atoms with Gasteiger partial charge in [0.1, 0.15) is 12.2 Å². The van der Waals surface area contributed by atoms with Crippen molar-refractivity contribution in [2.24, 2.45) is 0 Å². The third-order valence-corrected chi connectivity index (χ3v) is 3.60. The molecule has 0 amide bonds. The highest BCUT2D eigenvalue weighted by Crippen LogP contribution is 2.14. The third-order valence-electron chi connectivity index (χ3n) is 2.50. The van der Waals surface area contributed by atoms with Crippen LogP contribution in [-0.4, -0.2) is 19.6 Å². The minimum absolute atomic E-state index is 0.411. The molecule has 0 N–H and O–H groups in total. The first-order valence-corrected chi connectivity index (χ1v) is 6.59. The lowest BCUT2D eigenvalue weighted by Gasteiger charge is -2.10. The summed E-state index contributed by atoms with van der Waals surface area (Å²) in [5, 5.41) is 4.23. The molecule has 0 radical (unpaired) electrons. The first-order valence-electron chi connectivity index (χ1n) is 5.67. The molecular weight excluding hydrogens is 254 g/mol. The van der Waals surface area contributed by atoms with Gasteiger partial charge in [-0.05, 0) is 33.1 Å². The maximum Gasteiger partial charge on any atom is 0.138 e. The van der Waals surface area contributed by atoms with Crippen LogP contribution in [0.2, 0.25) is 0 Å². The second-order valence-electron chi connectivity index (χ2n) is 4.11. The van der Waals surface area contributed by atoms with Gasteiger partial charge in [-0.15, -0.1) is 0 Å². The van der Waals surface area contributed by atoms with Gasteiger partial charge in [0.15, 0.2) is 0 Å². The van der Waals surface area contributed by atoms with Crippen molar-refractivity contribution in [1.82, 2.24) is 14.8 Å². The van der Waals surface area contributed by atoms with Crippen LogP contribution < -0.4 is 0 Å². The molecule has 0 saturated heterocycles. The molecule has 0 aliphatic rings. The van der Waals surface area contributed by atoms with Crippen molar-refractivity contribution < 1.29 is 0 Å². The van der Waals surface area contributed by atoms with Crippen molar-refractivity contribution in [2.45, 2.75) is 57.3 Å². The molecule has 1 aromatic heterocycles. The van der Waals surface area contributed by atoms with Gasteiger partial charge >= 0.3 is 0 Å². The number of rotatable bonds is 6. The number of hydrogen-bond acceptors (Lipinski definition) is 2. The Morgan fingerprint density at radius 3 is 2.80 bits per heavy atom. The Morgan fingerprint density at radius 2 is 2.20 bits per heavy atom. The fraction of sp³-hybridized carbons (Fsp3) is 0.818. The summed E-state index contributed by atoms with van der Waals surface area (Å²) in [6.07, 6.45) is 6.26. The van der Waals surface area contributed by atoms with E-state index in [9.17, 15) is 0 Å². The van der Waals surface area contributed by atoms with Gasteiger partial charge < -0.3 is 0 Å². The molecule has 0 bridgehead atoms. The Hall–Kier alpha value is -0.380. The zero-order valence-corrected chi connectivity index (χ0v) is 11.4. The average molecular weight is 274 g/mol. The van der Waals surface area contributed by atoms with Crippen LogP contribution in [-0.2, 0) is 6.42 Å². The first-order chi connectivity index (χ1) is 7.15. The van der Waals surface area contributed by atoms with Crippen molar-refractivity contribution in [3.63, 3.8) is 0 Å². The maximum atomic E-state index is 4.30. The minimum Gasteiger partial charge on any atom is -0.248 e. The largest absolute Gasteiger partial charge is 0.248 e. The van der Waals surface area contributed by atoms with Crippen molar-refractivity contribution in [1.29, 1.82) is 0 Å². The molecule has 1 rings (SSSR count). The van der Waals surface area contributed by atoms with Crippen molar-refractivity contribution >= 4 is 15.9 Å². The zero-order valence-electron chi connectivity index (χ0n) is 9.78. The molecule has 0 aliphatic heterocycles. The molecule has 86 valence electrons. The third kappa shape index (κ3) is 3.93. The monoisotopic (exact) mass is 273 g/mol. The predicted octanol–water partition coefficient (Wildman–Crippen LogP) is 3.36. The Balaban J connectivity index is 2.40. The van der Waals surface area contributed by atoms with E-state index in [1.54, 1.807) is 6.33 Å². The van der Waals surface area contributed by atoms with E-state index in [2.05, 4.69) is 46.8 Å². The molecule has 4 heteroatoms. The number of halogens is 1. The van der Waals surface area contributed by atoms with E-state index in [-0.39, 0.29) is 0 Å². The Labute approximate surface area is 100 Å². The van der Waals surface area contributed by atoms with Crippen LogP contribution in [0.15, 0.2) is 6.33 Å². The van der Waals surface area contributed by atoms with E-state index in [0.717, 1.165) is 12.2 Å². The van der Waals surface area contributed by atoms with Gasteiger partial charge in [-0.1, -0.05) is 22.9 Å². The lowest BCUT2D eigenvalue weighted by atomic mass is 10.1. The van der Waals surface area contributed by atoms with Crippen LogP contribution in [0.25, 0.3) is 0 Å². The summed E-state index contributed by atoms with van der Waals surface area (Å²) < 4.78 is 2.01. The molecule has 0 spiro atoms. The van der Waals surface area contributed by atoms with Crippen LogP contribution in [0.1, 0.15) is 51.9 Å². The van der Waals surface area contributed by atoms with E-state index in [1.807, 2.05) is 4.68 Å². The highest BCUT2D eigenvalue weighted by Gasteiger charge is 2.08. The number of nitrogens with zero attached hydrogens (tertiary/aromatic N) is 3. The summed E-state index contributed by atoms with van der Waals surface area (Å²) >= 11 is 3.65. The molecule has 3 nitrogen and oxygen atoms in total. The van der Waals surface area contributed by atoms with Crippen LogP contribution >= 0.6 is 15.9 Å². The number of hydrogen-bond donors (Lipinski definition) is 0. The highest BCUT2D eigenvalue weighted by atomic mass is 79.9. The SMILES string of the molecule is CCC(Br)CCCc1ncnn1C(C)C. The summed E-state index contributed by atoms with van der Waals surface area (Å²) in [7, 11) is 0. The summed E-state index contributed by atoms with van der Waals surface area (Å²) in [4.78, 5) is 4.94. The van der Waals surface area contributed by atoms with Gasteiger partial charge in [0, 0.05) is 17.3 Å². The van der Waals surface area contributed by atoms with Crippen molar-refractivity contribution in [2.75, 3.05) is 0 Å². The van der Waals surface area contributed by atoms with Crippen LogP contribution in [0.5, 0.6) is 0 Å². The van der Waals surface area contributed by atoms with Gasteiger partial charge in [-0.3, -0.25) is 0 Å². The van der Waals surface area contributed by atoms with E-state index >= 15 is 0 Å². The lowest BCUT2D eigenvalue weighted by Crippen LogP contribution is -2.08. The van der Waals surface area contributed by atoms with E-state index in [1.165, 1.54) is 19.3 Å². The molecule has 0 aromatic carbocycles. The topological polar surface area (TPSA) is 30.7 Å². The van der Waals surface area contributed by atoms with E-state index < -0.39 is 0 Å². The van der Waals surface area contributed by atoms with E-state index in [0.29, 0.717) is 10.9 Å². The maximum absolute atomic E-state index is 4.30. The zero-order chi connectivity index (χ0) is 11.3. The fourth-order valence-electron chi connectivity index (χ4n) is 1.57. The quantitative estimate of drug-likeness (QED) is 0.745. The normalized spacial score (nSPS) is 13.4. The average Bonchev–Trinajstić information content (AvgIpc) is 2.65. The number of aromatic nitrogens is 3. The second-order valence-corrected chi connectivity index (χ2v) is 5.41. The van der Waals surface area contributed by atoms with Gasteiger partial charge in [-0.2, -0.15) is 5.10 Å². The highest BCUT2D eigenvalue weighted by molar-refractivity contribution is 9.09. The molecular formula is C11H20BrN3. The van der Waals surface area contributed by atoms with Crippen LogP contribution in [0, 0.1) is 0 Å². The Bertz CT molecular complexity index is 283. The van der Waals surface area contributed by atoms with Crippen molar-refractivity contribution in [3.8, 4) is 0 Å². The fourth-order valence-corrected chi connectivity index (χ4v) is 1.89. The van der Waals surface area contributed by atoms with Gasteiger partial charge in [0.2, 0.25) is 0 Å². The number of aryl methyl sites for hydroxylation is 1. The number of alkyl halides is 1. The van der Waals surface area contributed by atoms with Gasteiger partial charge in [0.05, 0.1) is 0 Å². The van der Waals surface area contributed by atoms with E-state index in [4.69, 9.17) is 0 Å². The summed E-state index contributed by atoms with van der Waals surface area (Å²) in [5.74, 6) is 1.11. The molecule has 1 heterocycles. The summed E-state index contributed by atoms with van der Waals surface area (Å²) in [5.41, 5.74) is 0. The predicted molar refractivity (Wildman–Crippen MR) is 66.4 cm³/mol. The van der Waals surface area contributed by atoms with Crippen LogP contribution in [0.3, 0.4) is 0 Å².